The Bertz CT molecular complexity index is 952. The van der Waals surface area contributed by atoms with Gasteiger partial charge in [0.05, 0.1) is 6.42 Å². The minimum Gasteiger partial charge on any atom is -0.444 e. The molecule has 1 aromatic rings. The molecule has 2 rings (SSSR count). The Labute approximate surface area is 214 Å². The van der Waals surface area contributed by atoms with Gasteiger partial charge in [-0.15, -0.1) is 0 Å². The zero-order chi connectivity index (χ0) is 27.0. The number of unbranched alkanes of at least 4 members (excludes halogenated alkanes) is 2. The number of nitrogens with two attached hydrogens (primary N) is 1. The van der Waals surface area contributed by atoms with E-state index in [0.717, 1.165) is 43.2 Å². The molecule has 1 fully saturated rings. The van der Waals surface area contributed by atoms with Gasteiger partial charge in [0.1, 0.15) is 17.7 Å². The van der Waals surface area contributed by atoms with Crippen LogP contribution in [0.25, 0.3) is 0 Å². The molecule has 200 valence electrons. The largest absolute Gasteiger partial charge is 0.444 e. The van der Waals surface area contributed by atoms with Gasteiger partial charge in [-0.2, -0.15) is 0 Å². The highest BCUT2D eigenvalue weighted by molar-refractivity contribution is 5.95. The van der Waals surface area contributed by atoms with E-state index < -0.39 is 42.0 Å². The van der Waals surface area contributed by atoms with Crippen LogP contribution in [0.2, 0.25) is 0 Å². The maximum absolute atomic E-state index is 13.9. The topological polar surface area (TPSA) is 131 Å². The molecule has 1 aliphatic rings. The number of rotatable bonds is 12. The summed E-state index contributed by atoms with van der Waals surface area (Å²) in [7, 11) is 0. The van der Waals surface area contributed by atoms with E-state index in [0.29, 0.717) is 12.1 Å². The van der Waals surface area contributed by atoms with Crippen molar-refractivity contribution in [3.05, 3.63) is 34.9 Å². The molecule has 0 radical (unpaired) electrons. The monoisotopic (exact) mass is 502 g/mol. The molecule has 36 heavy (non-hydrogen) atoms. The van der Waals surface area contributed by atoms with E-state index in [9.17, 15) is 19.2 Å². The first-order valence-corrected chi connectivity index (χ1v) is 12.8. The molecule has 0 aliphatic heterocycles. The maximum atomic E-state index is 13.9. The van der Waals surface area contributed by atoms with E-state index in [2.05, 4.69) is 17.6 Å². The van der Waals surface area contributed by atoms with E-state index in [-0.39, 0.29) is 11.9 Å². The summed E-state index contributed by atoms with van der Waals surface area (Å²) >= 11 is 0. The average molecular weight is 503 g/mol. The molecule has 1 saturated carbocycles. The van der Waals surface area contributed by atoms with Crippen LogP contribution >= 0.6 is 0 Å². The van der Waals surface area contributed by atoms with Crippen LogP contribution in [0.4, 0.5) is 4.79 Å². The number of benzene rings is 1. The standard InChI is InChI=1S/C27H42N4O5/c1-7-8-9-14-29-24(33)23(20-13-10-17(2)15-18(20)3)31(19-11-12-19)25(34)21(16-22(28)32)30-26(35)36-27(4,5)6/h10,13,15,19,21,23H,7-9,11-12,14,16H2,1-6H3,(H2,28,32)(H,29,33)(H,30,35). The Morgan fingerprint density at radius 2 is 1.81 bits per heavy atom. The molecule has 1 aliphatic carbocycles. The highest BCUT2D eigenvalue weighted by Crippen LogP contribution is 2.37. The van der Waals surface area contributed by atoms with Crippen molar-refractivity contribution in [2.45, 2.75) is 104 Å². The van der Waals surface area contributed by atoms with E-state index in [4.69, 9.17) is 10.5 Å². The van der Waals surface area contributed by atoms with Crippen LogP contribution < -0.4 is 16.4 Å². The molecular weight excluding hydrogens is 460 g/mol. The number of nitrogens with zero attached hydrogens (tertiary/aromatic N) is 1. The molecule has 2 atom stereocenters. The number of ether oxygens (including phenoxy) is 1. The first-order chi connectivity index (χ1) is 16.8. The summed E-state index contributed by atoms with van der Waals surface area (Å²) in [6, 6.07) is 3.42. The minimum atomic E-state index is -1.25. The molecular formula is C27H42N4O5. The number of amides is 4. The highest BCUT2D eigenvalue weighted by atomic mass is 16.6. The van der Waals surface area contributed by atoms with Crippen molar-refractivity contribution >= 4 is 23.8 Å². The lowest BCUT2D eigenvalue weighted by molar-refractivity contribution is -0.144. The van der Waals surface area contributed by atoms with Crippen molar-refractivity contribution in [3.63, 3.8) is 0 Å². The number of carbonyl (C=O) groups excluding carboxylic acids is 4. The zero-order valence-corrected chi connectivity index (χ0v) is 22.5. The van der Waals surface area contributed by atoms with Crippen molar-refractivity contribution in [3.8, 4) is 0 Å². The zero-order valence-electron chi connectivity index (χ0n) is 22.5. The molecule has 9 heteroatoms. The van der Waals surface area contributed by atoms with Crippen molar-refractivity contribution < 1.29 is 23.9 Å². The van der Waals surface area contributed by atoms with Crippen LogP contribution in [-0.2, 0) is 19.1 Å². The summed E-state index contributed by atoms with van der Waals surface area (Å²) < 4.78 is 5.30. The SMILES string of the molecule is CCCCCNC(=O)C(c1ccc(C)cc1C)N(C(=O)C(CC(N)=O)NC(=O)OC(C)(C)C)C1CC1. The average Bonchev–Trinajstić information content (AvgIpc) is 3.58. The molecule has 0 bridgehead atoms. The van der Waals surface area contributed by atoms with Crippen molar-refractivity contribution in [2.24, 2.45) is 5.73 Å². The Balaban J connectivity index is 2.43. The molecule has 0 saturated heterocycles. The third-order valence-corrected chi connectivity index (χ3v) is 5.92. The number of aryl methyl sites for hydroxylation is 2. The third kappa shape index (κ3) is 8.84. The smallest absolute Gasteiger partial charge is 0.408 e. The van der Waals surface area contributed by atoms with Gasteiger partial charge in [0.2, 0.25) is 17.7 Å². The van der Waals surface area contributed by atoms with Gasteiger partial charge in [0.15, 0.2) is 0 Å². The van der Waals surface area contributed by atoms with Crippen LogP contribution in [0.1, 0.15) is 89.0 Å². The van der Waals surface area contributed by atoms with Gasteiger partial charge in [-0.3, -0.25) is 14.4 Å². The van der Waals surface area contributed by atoms with Crippen LogP contribution in [0, 0.1) is 13.8 Å². The second-order valence-corrected chi connectivity index (χ2v) is 10.6. The van der Waals surface area contributed by atoms with Gasteiger partial charge < -0.3 is 26.0 Å². The number of hydrogen-bond donors (Lipinski definition) is 3. The maximum Gasteiger partial charge on any atom is 0.408 e. The molecule has 0 heterocycles. The molecule has 4 N–H and O–H groups in total. The normalized spacial score (nSPS) is 14.9. The van der Waals surface area contributed by atoms with Crippen LogP contribution in [0.3, 0.4) is 0 Å². The Kier molecular flexibility index (Phi) is 10.3. The van der Waals surface area contributed by atoms with Gasteiger partial charge >= 0.3 is 6.09 Å². The quantitative estimate of drug-likeness (QED) is 0.377. The Hall–Kier alpha value is -3.10. The Morgan fingerprint density at radius 3 is 2.33 bits per heavy atom. The van der Waals surface area contributed by atoms with E-state index >= 15 is 0 Å². The van der Waals surface area contributed by atoms with Crippen LogP contribution in [0.5, 0.6) is 0 Å². The predicted molar refractivity (Wildman–Crippen MR) is 138 cm³/mol. The summed E-state index contributed by atoms with van der Waals surface area (Å²) in [5.74, 6) is -1.56. The predicted octanol–water partition coefficient (Wildman–Crippen LogP) is 3.41. The van der Waals surface area contributed by atoms with Gasteiger partial charge in [-0.25, -0.2) is 4.79 Å². The third-order valence-electron chi connectivity index (χ3n) is 5.92. The lowest BCUT2D eigenvalue weighted by Gasteiger charge is -2.35. The Morgan fingerprint density at radius 1 is 1.14 bits per heavy atom. The lowest BCUT2D eigenvalue weighted by Crippen LogP contribution is -2.54. The van der Waals surface area contributed by atoms with E-state index in [1.54, 1.807) is 20.8 Å². The van der Waals surface area contributed by atoms with Crippen molar-refractivity contribution in [1.82, 2.24) is 15.5 Å². The van der Waals surface area contributed by atoms with Gasteiger partial charge in [-0.1, -0.05) is 43.5 Å². The summed E-state index contributed by atoms with van der Waals surface area (Å²) in [5, 5.41) is 5.50. The van der Waals surface area contributed by atoms with Crippen molar-refractivity contribution in [2.75, 3.05) is 6.54 Å². The molecule has 1 aromatic carbocycles. The second kappa shape index (κ2) is 12.7. The van der Waals surface area contributed by atoms with Crippen LogP contribution in [0.15, 0.2) is 18.2 Å². The fraction of sp³-hybridized carbons (Fsp3) is 0.630. The molecule has 0 aromatic heterocycles. The molecule has 9 nitrogen and oxygen atoms in total. The summed E-state index contributed by atoms with van der Waals surface area (Å²) in [5.41, 5.74) is 7.27. The molecule has 2 unspecified atom stereocenters. The van der Waals surface area contributed by atoms with Gasteiger partial charge in [-0.05, 0) is 65.0 Å². The first-order valence-electron chi connectivity index (χ1n) is 12.8. The number of nitrogens with one attached hydrogen (secondary N) is 2. The molecule has 0 spiro atoms. The second-order valence-electron chi connectivity index (χ2n) is 10.6. The summed E-state index contributed by atoms with van der Waals surface area (Å²) in [6.45, 7) is 11.6. The highest BCUT2D eigenvalue weighted by Gasteiger charge is 2.44. The fourth-order valence-electron chi connectivity index (χ4n) is 4.13. The van der Waals surface area contributed by atoms with E-state index in [1.807, 2.05) is 32.0 Å². The van der Waals surface area contributed by atoms with E-state index in [1.165, 1.54) is 4.90 Å². The van der Waals surface area contributed by atoms with Gasteiger partial charge in [0, 0.05) is 12.6 Å². The number of alkyl carbamates (subject to hydrolysis) is 1. The number of primary amides is 1. The summed E-state index contributed by atoms with van der Waals surface area (Å²) in [6.07, 6.45) is 3.07. The number of hydrogen-bond acceptors (Lipinski definition) is 5. The summed E-state index contributed by atoms with van der Waals surface area (Å²) in [4.78, 5) is 53.3. The lowest BCUT2D eigenvalue weighted by atomic mass is 9.96. The minimum absolute atomic E-state index is 0.180. The van der Waals surface area contributed by atoms with Crippen molar-refractivity contribution in [1.29, 1.82) is 0 Å². The number of carbonyl (C=O) groups is 4. The van der Waals surface area contributed by atoms with Crippen LogP contribution in [-0.4, -0.2) is 52.9 Å². The van der Waals surface area contributed by atoms with Gasteiger partial charge in [0.25, 0.3) is 0 Å². The fourth-order valence-corrected chi connectivity index (χ4v) is 4.13. The first kappa shape index (κ1) is 29.1. The molecule has 4 amide bonds.